The molecule has 3 nitrogen and oxygen atoms in total. The van der Waals surface area contributed by atoms with E-state index in [9.17, 15) is 0 Å². The Morgan fingerprint density at radius 1 is 1.33 bits per heavy atom. The molecule has 0 radical (unpaired) electrons. The van der Waals surface area contributed by atoms with Gasteiger partial charge in [-0.25, -0.2) is 9.97 Å². The number of rotatable bonds is 1. The Morgan fingerprint density at radius 3 is 2.73 bits per heavy atom. The lowest BCUT2D eigenvalue weighted by Gasteiger charge is -2.03. The highest BCUT2D eigenvalue weighted by atomic mass is 79.9. The summed E-state index contributed by atoms with van der Waals surface area (Å²) in [4.78, 5) is 8.94. The number of aryl methyl sites for hydroxylation is 2. The van der Waals surface area contributed by atoms with Gasteiger partial charge in [-0.15, -0.1) is 0 Å². The Morgan fingerprint density at radius 2 is 2.07 bits per heavy atom. The molecule has 1 saturated carbocycles. The highest BCUT2D eigenvalue weighted by molar-refractivity contribution is 9.10. The van der Waals surface area contributed by atoms with Crippen LogP contribution in [0.3, 0.4) is 0 Å². The molecule has 0 bridgehead atoms. The maximum atomic E-state index is 4.54. The van der Waals surface area contributed by atoms with Gasteiger partial charge in [0.2, 0.25) is 0 Å². The molecule has 0 aliphatic heterocycles. The second-order valence-corrected chi connectivity index (χ2v) is 5.02. The first kappa shape index (κ1) is 9.33. The van der Waals surface area contributed by atoms with Crippen molar-refractivity contribution in [2.45, 2.75) is 32.7 Å². The van der Waals surface area contributed by atoms with Gasteiger partial charge in [-0.2, -0.15) is 0 Å². The van der Waals surface area contributed by atoms with E-state index in [1.165, 1.54) is 12.8 Å². The third kappa shape index (κ3) is 1.39. The molecule has 0 N–H and O–H groups in total. The summed E-state index contributed by atoms with van der Waals surface area (Å²) in [6, 6.07) is 0.660. The van der Waals surface area contributed by atoms with E-state index in [2.05, 4.69) is 36.7 Å². The molecule has 4 heteroatoms. The van der Waals surface area contributed by atoms with Gasteiger partial charge in [-0.1, -0.05) is 0 Å². The fourth-order valence-corrected chi connectivity index (χ4v) is 2.72. The molecule has 3 rings (SSSR count). The fourth-order valence-electron chi connectivity index (χ4n) is 2.04. The van der Waals surface area contributed by atoms with Gasteiger partial charge in [0.1, 0.15) is 11.5 Å². The van der Waals surface area contributed by atoms with Crippen molar-refractivity contribution in [3.05, 3.63) is 22.2 Å². The molecular weight excluding hydrogens is 254 g/mol. The number of fused-ring (bicyclic) bond motifs is 1. The van der Waals surface area contributed by atoms with Crippen LogP contribution in [0.1, 0.15) is 30.4 Å². The van der Waals surface area contributed by atoms with Gasteiger partial charge in [0.05, 0.1) is 11.1 Å². The second kappa shape index (κ2) is 3.04. The van der Waals surface area contributed by atoms with E-state index in [1.54, 1.807) is 0 Å². The molecule has 78 valence electrons. The predicted octanol–water partition coefficient (Wildman–Crippen LogP) is 3.15. The maximum absolute atomic E-state index is 4.54. The summed E-state index contributed by atoms with van der Waals surface area (Å²) >= 11 is 3.59. The minimum Gasteiger partial charge on any atom is -0.328 e. The third-order valence-electron chi connectivity index (χ3n) is 2.86. The Kier molecular flexibility index (Phi) is 1.89. The van der Waals surface area contributed by atoms with Gasteiger partial charge in [0.25, 0.3) is 0 Å². The standard InChI is InChI=1S/C11H12BrN3/c1-6-10-9(12)5-15(8-3-4-8)11(10)14-7(2)13-6/h5,8H,3-4H2,1-2H3. The molecule has 1 aliphatic rings. The summed E-state index contributed by atoms with van der Waals surface area (Å²) in [5, 5.41) is 1.16. The summed E-state index contributed by atoms with van der Waals surface area (Å²) in [5.41, 5.74) is 2.14. The minimum atomic E-state index is 0.660. The van der Waals surface area contributed by atoms with Crippen molar-refractivity contribution >= 4 is 27.0 Å². The Balaban J connectivity index is 2.38. The Labute approximate surface area is 96.7 Å². The van der Waals surface area contributed by atoms with Gasteiger partial charge in [0, 0.05) is 16.7 Å². The maximum Gasteiger partial charge on any atom is 0.145 e. The van der Waals surface area contributed by atoms with Gasteiger partial charge in [-0.3, -0.25) is 0 Å². The van der Waals surface area contributed by atoms with E-state index in [1.807, 2.05) is 13.8 Å². The van der Waals surface area contributed by atoms with Crippen LogP contribution in [0.5, 0.6) is 0 Å². The zero-order chi connectivity index (χ0) is 10.6. The third-order valence-corrected chi connectivity index (χ3v) is 3.46. The number of nitrogens with zero attached hydrogens (tertiary/aromatic N) is 3. The highest BCUT2D eigenvalue weighted by Crippen LogP contribution is 2.40. The van der Waals surface area contributed by atoms with E-state index in [0.29, 0.717) is 6.04 Å². The molecule has 2 heterocycles. The van der Waals surface area contributed by atoms with Crippen molar-refractivity contribution in [1.82, 2.24) is 14.5 Å². The van der Waals surface area contributed by atoms with Gasteiger partial charge in [-0.05, 0) is 42.6 Å². The quantitative estimate of drug-likeness (QED) is 0.793. The lowest BCUT2D eigenvalue weighted by molar-refractivity contribution is 0.761. The second-order valence-electron chi connectivity index (χ2n) is 4.17. The molecule has 15 heavy (non-hydrogen) atoms. The SMILES string of the molecule is Cc1nc(C)c2c(Br)cn(C3CC3)c2n1. The van der Waals surface area contributed by atoms with Crippen molar-refractivity contribution in [3.63, 3.8) is 0 Å². The molecule has 0 unspecified atom stereocenters. The average molecular weight is 266 g/mol. The number of halogens is 1. The lowest BCUT2D eigenvalue weighted by atomic mass is 10.3. The monoisotopic (exact) mass is 265 g/mol. The molecular formula is C11H12BrN3. The van der Waals surface area contributed by atoms with Crippen LogP contribution in [0.4, 0.5) is 0 Å². The largest absolute Gasteiger partial charge is 0.328 e. The first-order valence-corrected chi connectivity index (χ1v) is 5.97. The molecule has 1 fully saturated rings. The molecule has 1 aliphatic carbocycles. The zero-order valence-corrected chi connectivity index (χ0v) is 10.4. The number of hydrogen-bond acceptors (Lipinski definition) is 2. The van der Waals surface area contributed by atoms with Crippen LogP contribution in [0.15, 0.2) is 10.7 Å². The van der Waals surface area contributed by atoms with Crippen molar-refractivity contribution in [1.29, 1.82) is 0 Å². The van der Waals surface area contributed by atoms with E-state index >= 15 is 0 Å². The van der Waals surface area contributed by atoms with Crippen LogP contribution in [-0.2, 0) is 0 Å². The Bertz CT molecular complexity index is 540. The van der Waals surface area contributed by atoms with Crippen molar-refractivity contribution in [2.24, 2.45) is 0 Å². The van der Waals surface area contributed by atoms with E-state index in [4.69, 9.17) is 0 Å². The van der Waals surface area contributed by atoms with Gasteiger partial charge >= 0.3 is 0 Å². The van der Waals surface area contributed by atoms with Crippen LogP contribution in [0.2, 0.25) is 0 Å². The molecule has 2 aromatic rings. The Hall–Kier alpha value is -0.900. The zero-order valence-electron chi connectivity index (χ0n) is 8.79. The van der Waals surface area contributed by atoms with Crippen molar-refractivity contribution in [2.75, 3.05) is 0 Å². The summed E-state index contributed by atoms with van der Waals surface area (Å²) in [6.07, 6.45) is 4.69. The number of aromatic nitrogens is 3. The summed E-state index contributed by atoms with van der Waals surface area (Å²) in [7, 11) is 0. The summed E-state index contributed by atoms with van der Waals surface area (Å²) in [5.74, 6) is 0.854. The molecule has 0 amide bonds. The molecule has 0 saturated heterocycles. The van der Waals surface area contributed by atoms with Crippen LogP contribution in [0, 0.1) is 13.8 Å². The van der Waals surface area contributed by atoms with E-state index in [-0.39, 0.29) is 0 Å². The first-order valence-electron chi connectivity index (χ1n) is 5.18. The van der Waals surface area contributed by atoms with Crippen molar-refractivity contribution < 1.29 is 0 Å². The summed E-state index contributed by atoms with van der Waals surface area (Å²) < 4.78 is 3.39. The highest BCUT2D eigenvalue weighted by Gasteiger charge is 2.26. The van der Waals surface area contributed by atoms with Crippen molar-refractivity contribution in [3.8, 4) is 0 Å². The van der Waals surface area contributed by atoms with E-state index in [0.717, 1.165) is 27.0 Å². The smallest absolute Gasteiger partial charge is 0.145 e. The minimum absolute atomic E-state index is 0.660. The molecule has 0 aromatic carbocycles. The van der Waals surface area contributed by atoms with Crippen LogP contribution in [0.25, 0.3) is 11.0 Å². The van der Waals surface area contributed by atoms with Gasteiger partial charge in [0.15, 0.2) is 0 Å². The van der Waals surface area contributed by atoms with Gasteiger partial charge < -0.3 is 4.57 Å². The molecule has 2 aromatic heterocycles. The van der Waals surface area contributed by atoms with E-state index < -0.39 is 0 Å². The predicted molar refractivity (Wildman–Crippen MR) is 63.0 cm³/mol. The van der Waals surface area contributed by atoms with Crippen LogP contribution < -0.4 is 0 Å². The molecule has 0 spiro atoms. The fraction of sp³-hybridized carbons (Fsp3) is 0.455. The van der Waals surface area contributed by atoms with Crippen LogP contribution in [-0.4, -0.2) is 14.5 Å². The summed E-state index contributed by atoms with van der Waals surface area (Å²) in [6.45, 7) is 3.99. The average Bonchev–Trinajstić information content (AvgIpc) is 2.92. The number of hydrogen-bond donors (Lipinski definition) is 0. The topological polar surface area (TPSA) is 30.7 Å². The van der Waals surface area contributed by atoms with Crippen LogP contribution >= 0.6 is 15.9 Å². The molecule has 0 atom stereocenters. The normalized spacial score (nSPS) is 16.2. The first-order chi connectivity index (χ1) is 7.16. The lowest BCUT2D eigenvalue weighted by Crippen LogP contribution is -1.97.